The molecule has 1 saturated heterocycles. The third-order valence-electron chi connectivity index (χ3n) is 6.61. The molecule has 2 aromatic rings. The van der Waals surface area contributed by atoms with Crippen molar-refractivity contribution in [3.63, 3.8) is 0 Å². The van der Waals surface area contributed by atoms with Gasteiger partial charge in [-0.15, -0.1) is 12.4 Å². The van der Waals surface area contributed by atoms with E-state index in [0.717, 1.165) is 17.7 Å². The third-order valence-corrected chi connectivity index (χ3v) is 8.92. The molecule has 2 fully saturated rings. The fourth-order valence-electron chi connectivity index (χ4n) is 4.61. The predicted molar refractivity (Wildman–Crippen MR) is 135 cm³/mol. The summed E-state index contributed by atoms with van der Waals surface area (Å²) in [6.45, 7) is 3.98. The molecule has 4 rings (SSSR count). The highest BCUT2D eigenvalue weighted by Crippen LogP contribution is 2.26. The second kappa shape index (κ2) is 11.4. The number of piperazine rings is 1. The SMILES string of the molecule is Cc1ccc(NC(=O)c2cc(S(=O)(=O)N3CCN(C4CCCCC4)CC3)ccc2F)cc1Cl.Cl. The van der Waals surface area contributed by atoms with Gasteiger partial charge in [0.25, 0.3) is 5.91 Å². The number of aryl methyl sites for hydroxylation is 1. The Morgan fingerprint density at radius 1 is 1.03 bits per heavy atom. The first kappa shape index (κ1) is 26.9. The van der Waals surface area contributed by atoms with E-state index in [-0.39, 0.29) is 22.9 Å². The van der Waals surface area contributed by atoms with E-state index in [9.17, 15) is 17.6 Å². The normalized spacial score (nSPS) is 18.3. The van der Waals surface area contributed by atoms with Crippen LogP contribution in [0, 0.1) is 12.7 Å². The van der Waals surface area contributed by atoms with Crippen molar-refractivity contribution < 1.29 is 17.6 Å². The highest BCUT2D eigenvalue weighted by atomic mass is 35.5. The number of anilines is 1. The van der Waals surface area contributed by atoms with Crippen LogP contribution >= 0.6 is 24.0 Å². The van der Waals surface area contributed by atoms with Gasteiger partial charge in [0.15, 0.2) is 0 Å². The minimum absolute atomic E-state index is 0. The summed E-state index contributed by atoms with van der Waals surface area (Å²) >= 11 is 6.09. The van der Waals surface area contributed by atoms with E-state index in [1.165, 1.54) is 42.5 Å². The van der Waals surface area contributed by atoms with Gasteiger partial charge in [0, 0.05) is 42.9 Å². The third kappa shape index (κ3) is 5.91. The molecule has 1 N–H and O–H groups in total. The van der Waals surface area contributed by atoms with E-state index in [4.69, 9.17) is 11.6 Å². The first-order chi connectivity index (χ1) is 15.8. The molecule has 6 nitrogen and oxygen atoms in total. The highest BCUT2D eigenvalue weighted by molar-refractivity contribution is 7.89. The van der Waals surface area contributed by atoms with Crippen LogP contribution in [0.4, 0.5) is 10.1 Å². The number of amides is 1. The standard InChI is InChI=1S/C24H29ClFN3O3S.ClH/c1-17-7-8-18(15-22(17)25)27-24(30)21-16-20(9-10-23(21)26)33(31,32)29-13-11-28(12-14-29)19-5-3-2-4-6-19;/h7-10,15-16,19H,2-6,11-14H2,1H3,(H,27,30);1H. The van der Waals surface area contributed by atoms with Crippen molar-refractivity contribution in [1.82, 2.24) is 9.21 Å². The van der Waals surface area contributed by atoms with Crippen molar-refractivity contribution in [3.8, 4) is 0 Å². The number of nitrogens with zero attached hydrogens (tertiary/aromatic N) is 2. The van der Waals surface area contributed by atoms with Gasteiger partial charge >= 0.3 is 0 Å². The lowest BCUT2D eigenvalue weighted by Crippen LogP contribution is -2.52. The topological polar surface area (TPSA) is 69.7 Å². The number of sulfonamides is 1. The van der Waals surface area contributed by atoms with Gasteiger partial charge in [0.05, 0.1) is 10.5 Å². The Hall–Kier alpha value is -1.71. The number of hydrogen-bond acceptors (Lipinski definition) is 4. The summed E-state index contributed by atoms with van der Waals surface area (Å²) < 4.78 is 42.3. The summed E-state index contributed by atoms with van der Waals surface area (Å²) in [5.74, 6) is -1.52. The summed E-state index contributed by atoms with van der Waals surface area (Å²) in [5.41, 5.74) is 0.924. The van der Waals surface area contributed by atoms with E-state index in [0.29, 0.717) is 42.9 Å². The van der Waals surface area contributed by atoms with Crippen LogP contribution in [0.15, 0.2) is 41.3 Å². The van der Waals surface area contributed by atoms with Gasteiger partial charge in [0.1, 0.15) is 5.82 Å². The van der Waals surface area contributed by atoms with E-state index >= 15 is 0 Å². The largest absolute Gasteiger partial charge is 0.322 e. The second-order valence-corrected chi connectivity index (χ2v) is 11.1. The van der Waals surface area contributed by atoms with Gasteiger partial charge in [-0.05, 0) is 55.7 Å². The molecule has 0 spiro atoms. The molecule has 1 amide bonds. The summed E-state index contributed by atoms with van der Waals surface area (Å²) in [6.07, 6.45) is 6.10. The molecule has 0 radical (unpaired) electrons. The van der Waals surface area contributed by atoms with E-state index in [1.807, 2.05) is 6.92 Å². The zero-order valence-corrected chi connectivity index (χ0v) is 21.5. The number of carbonyl (C=O) groups is 1. The number of nitrogens with one attached hydrogen (secondary N) is 1. The molecule has 0 bridgehead atoms. The van der Waals surface area contributed by atoms with Crippen LogP contribution in [0.3, 0.4) is 0 Å². The molecule has 2 aromatic carbocycles. The van der Waals surface area contributed by atoms with Gasteiger partial charge in [-0.1, -0.05) is 36.9 Å². The maximum absolute atomic E-state index is 14.5. The lowest BCUT2D eigenvalue weighted by Gasteiger charge is -2.40. The second-order valence-electron chi connectivity index (χ2n) is 8.79. The number of carbonyl (C=O) groups excluding carboxylic acids is 1. The van der Waals surface area contributed by atoms with Gasteiger partial charge < -0.3 is 5.32 Å². The Labute approximate surface area is 211 Å². The Kier molecular flexibility index (Phi) is 8.98. The quantitative estimate of drug-likeness (QED) is 0.584. The van der Waals surface area contributed by atoms with E-state index in [1.54, 1.807) is 18.2 Å². The fraction of sp³-hybridized carbons (Fsp3) is 0.458. The van der Waals surface area contributed by atoms with Crippen LogP contribution in [0.1, 0.15) is 48.0 Å². The maximum Gasteiger partial charge on any atom is 0.258 e. The monoisotopic (exact) mass is 529 g/mol. The smallest absolute Gasteiger partial charge is 0.258 e. The van der Waals surface area contributed by atoms with Crippen molar-refractivity contribution >= 4 is 45.6 Å². The number of halogens is 3. The average Bonchev–Trinajstić information content (AvgIpc) is 2.82. The minimum Gasteiger partial charge on any atom is -0.322 e. The first-order valence-electron chi connectivity index (χ1n) is 11.4. The first-order valence-corrected chi connectivity index (χ1v) is 13.2. The number of benzene rings is 2. The molecule has 0 unspecified atom stereocenters. The fourth-order valence-corrected chi connectivity index (χ4v) is 6.24. The molecular formula is C24H30Cl2FN3O3S. The molecule has 2 aliphatic rings. The molecule has 34 heavy (non-hydrogen) atoms. The molecule has 1 aliphatic heterocycles. The maximum atomic E-state index is 14.5. The van der Waals surface area contributed by atoms with Crippen LogP contribution in [0.5, 0.6) is 0 Å². The van der Waals surface area contributed by atoms with Gasteiger partial charge in [-0.3, -0.25) is 9.69 Å². The predicted octanol–water partition coefficient (Wildman–Crippen LogP) is 5.10. The molecule has 1 aliphatic carbocycles. The zero-order valence-electron chi connectivity index (χ0n) is 19.1. The van der Waals surface area contributed by atoms with Crippen molar-refractivity contribution in [2.75, 3.05) is 31.5 Å². The summed E-state index contributed by atoms with van der Waals surface area (Å²) in [4.78, 5) is 15.0. The Morgan fingerprint density at radius 2 is 1.71 bits per heavy atom. The molecular weight excluding hydrogens is 500 g/mol. The average molecular weight is 530 g/mol. The molecule has 0 atom stereocenters. The summed E-state index contributed by atoms with van der Waals surface area (Å²) in [7, 11) is -3.84. The van der Waals surface area contributed by atoms with Crippen molar-refractivity contribution in [1.29, 1.82) is 0 Å². The van der Waals surface area contributed by atoms with Crippen LogP contribution in [0.2, 0.25) is 5.02 Å². The van der Waals surface area contributed by atoms with Crippen molar-refractivity contribution in [3.05, 3.63) is 58.4 Å². The summed E-state index contributed by atoms with van der Waals surface area (Å²) in [5, 5.41) is 3.06. The van der Waals surface area contributed by atoms with Gasteiger partial charge in [0.2, 0.25) is 10.0 Å². The number of rotatable bonds is 5. The Bertz CT molecular complexity index is 1130. The molecule has 0 aromatic heterocycles. The van der Waals surface area contributed by atoms with Gasteiger partial charge in [-0.25, -0.2) is 12.8 Å². The molecule has 10 heteroatoms. The van der Waals surface area contributed by atoms with Crippen LogP contribution in [-0.4, -0.2) is 55.8 Å². The van der Waals surface area contributed by atoms with Crippen molar-refractivity contribution in [2.24, 2.45) is 0 Å². The Morgan fingerprint density at radius 3 is 2.35 bits per heavy atom. The molecule has 1 heterocycles. The Balaban J connectivity index is 0.00000324. The van der Waals surface area contributed by atoms with Crippen LogP contribution in [0.25, 0.3) is 0 Å². The van der Waals surface area contributed by atoms with Crippen LogP contribution in [-0.2, 0) is 10.0 Å². The minimum atomic E-state index is -3.84. The lowest BCUT2D eigenvalue weighted by atomic mass is 9.94. The highest BCUT2D eigenvalue weighted by Gasteiger charge is 2.32. The van der Waals surface area contributed by atoms with Crippen LogP contribution < -0.4 is 5.32 Å². The zero-order chi connectivity index (χ0) is 23.6. The van der Waals surface area contributed by atoms with E-state index in [2.05, 4.69) is 10.2 Å². The molecule has 1 saturated carbocycles. The van der Waals surface area contributed by atoms with E-state index < -0.39 is 21.7 Å². The molecule has 186 valence electrons. The summed E-state index contributed by atoms with van der Waals surface area (Å²) in [6, 6.07) is 8.87. The van der Waals surface area contributed by atoms with Gasteiger partial charge in [-0.2, -0.15) is 4.31 Å². The number of hydrogen-bond donors (Lipinski definition) is 1. The lowest BCUT2D eigenvalue weighted by molar-refractivity contribution is 0.102. The van der Waals surface area contributed by atoms with Crippen molar-refractivity contribution in [2.45, 2.75) is 50.0 Å².